The molecule has 21 heavy (non-hydrogen) atoms. The van der Waals surface area contributed by atoms with Crippen molar-refractivity contribution in [3.8, 4) is 0 Å². The van der Waals surface area contributed by atoms with Crippen LogP contribution in [0.2, 0.25) is 0 Å². The molecule has 0 radical (unpaired) electrons. The zero-order valence-electron chi connectivity index (χ0n) is 12.6. The molecule has 2 rings (SSSR count). The van der Waals surface area contributed by atoms with Crippen molar-refractivity contribution in [3.05, 3.63) is 65.2 Å². The van der Waals surface area contributed by atoms with Crippen LogP contribution in [-0.4, -0.2) is 12.5 Å². The Labute approximate surface area is 126 Å². The summed E-state index contributed by atoms with van der Waals surface area (Å²) in [5.74, 6) is -0.00364. The number of carbonyl (C=O) groups is 1. The van der Waals surface area contributed by atoms with Crippen molar-refractivity contribution in [1.29, 1.82) is 0 Å². The predicted molar refractivity (Wildman–Crippen MR) is 87.3 cm³/mol. The van der Waals surface area contributed by atoms with Crippen molar-refractivity contribution in [2.45, 2.75) is 26.8 Å². The number of aryl methyl sites for hydroxylation is 2. The molecule has 3 nitrogen and oxygen atoms in total. The van der Waals surface area contributed by atoms with E-state index in [9.17, 15) is 4.79 Å². The molecule has 2 aromatic carbocycles. The Kier molecular flexibility index (Phi) is 5.38. The minimum atomic E-state index is -0.00364. The smallest absolute Gasteiger partial charge is 0.239 e. The number of benzene rings is 2. The van der Waals surface area contributed by atoms with Crippen LogP contribution in [0.15, 0.2) is 48.5 Å². The monoisotopic (exact) mass is 282 g/mol. The highest BCUT2D eigenvalue weighted by Gasteiger charge is 2.01. The lowest BCUT2D eigenvalue weighted by molar-refractivity contribution is -0.119. The number of rotatable bonds is 6. The molecular weight excluding hydrogens is 260 g/mol. The van der Waals surface area contributed by atoms with Crippen molar-refractivity contribution in [2.24, 2.45) is 0 Å². The topological polar surface area (TPSA) is 41.1 Å². The Morgan fingerprint density at radius 3 is 2.48 bits per heavy atom. The van der Waals surface area contributed by atoms with Gasteiger partial charge < -0.3 is 10.6 Å². The average molecular weight is 282 g/mol. The third-order valence-electron chi connectivity index (χ3n) is 3.39. The molecule has 2 aromatic rings. The number of anilines is 1. The average Bonchev–Trinajstić information content (AvgIpc) is 2.51. The lowest BCUT2D eigenvalue weighted by Crippen LogP contribution is -2.29. The molecule has 110 valence electrons. The molecular formula is C18H22N2O. The van der Waals surface area contributed by atoms with Crippen LogP contribution in [0.5, 0.6) is 0 Å². The van der Waals surface area contributed by atoms with Gasteiger partial charge in [-0.2, -0.15) is 0 Å². The van der Waals surface area contributed by atoms with Crippen LogP contribution in [-0.2, 0) is 17.8 Å². The molecule has 3 heteroatoms. The van der Waals surface area contributed by atoms with E-state index in [1.807, 2.05) is 37.3 Å². The van der Waals surface area contributed by atoms with E-state index in [0.717, 1.165) is 17.7 Å². The van der Waals surface area contributed by atoms with Gasteiger partial charge in [0.2, 0.25) is 5.91 Å². The van der Waals surface area contributed by atoms with Gasteiger partial charge in [-0.05, 0) is 36.6 Å². The standard InChI is InChI=1S/C18H22N2O/c1-3-15-7-9-17(10-8-15)19-13-18(21)20-12-16-6-4-5-14(2)11-16/h4-11,19H,3,12-13H2,1-2H3,(H,20,21). The van der Waals surface area contributed by atoms with Gasteiger partial charge in [-0.3, -0.25) is 4.79 Å². The highest BCUT2D eigenvalue weighted by molar-refractivity contribution is 5.80. The maximum Gasteiger partial charge on any atom is 0.239 e. The molecule has 0 spiro atoms. The third kappa shape index (κ3) is 4.95. The van der Waals surface area contributed by atoms with E-state index in [1.165, 1.54) is 11.1 Å². The fourth-order valence-corrected chi connectivity index (χ4v) is 2.13. The highest BCUT2D eigenvalue weighted by atomic mass is 16.1. The number of hydrogen-bond donors (Lipinski definition) is 2. The van der Waals surface area contributed by atoms with E-state index < -0.39 is 0 Å². The molecule has 0 fully saturated rings. The Morgan fingerprint density at radius 2 is 1.81 bits per heavy atom. The summed E-state index contributed by atoms with van der Waals surface area (Å²) in [5.41, 5.74) is 4.59. The largest absolute Gasteiger partial charge is 0.376 e. The van der Waals surface area contributed by atoms with Gasteiger partial charge in [0.25, 0.3) is 0 Å². The molecule has 0 aliphatic carbocycles. The number of carbonyl (C=O) groups excluding carboxylic acids is 1. The minimum Gasteiger partial charge on any atom is -0.376 e. The molecule has 0 unspecified atom stereocenters. The first-order valence-corrected chi connectivity index (χ1v) is 7.32. The van der Waals surface area contributed by atoms with Gasteiger partial charge in [0.05, 0.1) is 6.54 Å². The third-order valence-corrected chi connectivity index (χ3v) is 3.39. The van der Waals surface area contributed by atoms with E-state index in [4.69, 9.17) is 0 Å². The Balaban J connectivity index is 1.76. The van der Waals surface area contributed by atoms with Gasteiger partial charge in [-0.1, -0.05) is 48.9 Å². The van der Waals surface area contributed by atoms with Crippen molar-refractivity contribution >= 4 is 11.6 Å². The summed E-state index contributed by atoms with van der Waals surface area (Å²) in [6.07, 6.45) is 1.03. The minimum absolute atomic E-state index is 0.00364. The van der Waals surface area contributed by atoms with Gasteiger partial charge in [0, 0.05) is 12.2 Å². The van der Waals surface area contributed by atoms with Crippen LogP contribution < -0.4 is 10.6 Å². The van der Waals surface area contributed by atoms with Crippen LogP contribution in [0.3, 0.4) is 0 Å². The van der Waals surface area contributed by atoms with Crippen molar-refractivity contribution < 1.29 is 4.79 Å². The fourth-order valence-electron chi connectivity index (χ4n) is 2.13. The molecule has 2 N–H and O–H groups in total. The van der Waals surface area contributed by atoms with E-state index in [0.29, 0.717) is 6.54 Å². The molecule has 0 saturated carbocycles. The second-order valence-electron chi connectivity index (χ2n) is 5.17. The van der Waals surface area contributed by atoms with Crippen LogP contribution in [0.4, 0.5) is 5.69 Å². The normalized spacial score (nSPS) is 10.2. The summed E-state index contributed by atoms with van der Waals surface area (Å²) in [6, 6.07) is 16.3. The summed E-state index contributed by atoms with van der Waals surface area (Å²) in [4.78, 5) is 11.8. The summed E-state index contributed by atoms with van der Waals surface area (Å²) in [6.45, 7) is 5.03. The Morgan fingerprint density at radius 1 is 1.05 bits per heavy atom. The van der Waals surface area contributed by atoms with Crippen LogP contribution in [0.25, 0.3) is 0 Å². The zero-order chi connectivity index (χ0) is 15.1. The highest BCUT2D eigenvalue weighted by Crippen LogP contribution is 2.09. The lowest BCUT2D eigenvalue weighted by Gasteiger charge is -2.09. The van der Waals surface area contributed by atoms with E-state index >= 15 is 0 Å². The summed E-state index contributed by atoms with van der Waals surface area (Å²) in [7, 11) is 0. The molecule has 0 heterocycles. The first-order chi connectivity index (χ1) is 10.2. The van der Waals surface area contributed by atoms with Crippen molar-refractivity contribution in [3.63, 3.8) is 0 Å². The predicted octanol–water partition coefficient (Wildman–Crippen LogP) is 3.29. The van der Waals surface area contributed by atoms with E-state index in [1.54, 1.807) is 0 Å². The SMILES string of the molecule is CCc1ccc(NCC(=O)NCc2cccc(C)c2)cc1. The van der Waals surface area contributed by atoms with Gasteiger partial charge in [-0.15, -0.1) is 0 Å². The lowest BCUT2D eigenvalue weighted by atomic mass is 10.1. The van der Waals surface area contributed by atoms with Gasteiger partial charge >= 0.3 is 0 Å². The first kappa shape index (κ1) is 15.1. The van der Waals surface area contributed by atoms with E-state index in [-0.39, 0.29) is 12.5 Å². The quantitative estimate of drug-likeness (QED) is 0.853. The second-order valence-corrected chi connectivity index (χ2v) is 5.17. The zero-order valence-corrected chi connectivity index (χ0v) is 12.6. The van der Waals surface area contributed by atoms with Crippen LogP contribution in [0, 0.1) is 6.92 Å². The molecule has 0 atom stereocenters. The van der Waals surface area contributed by atoms with Crippen LogP contribution >= 0.6 is 0 Å². The summed E-state index contributed by atoms with van der Waals surface area (Å²) >= 11 is 0. The Bertz CT molecular complexity index is 590. The van der Waals surface area contributed by atoms with Gasteiger partial charge in [-0.25, -0.2) is 0 Å². The molecule has 0 bridgehead atoms. The number of nitrogens with one attached hydrogen (secondary N) is 2. The number of amides is 1. The van der Waals surface area contributed by atoms with E-state index in [2.05, 4.69) is 35.8 Å². The molecule has 1 amide bonds. The first-order valence-electron chi connectivity index (χ1n) is 7.32. The molecule has 0 aromatic heterocycles. The molecule has 0 aliphatic heterocycles. The maximum absolute atomic E-state index is 11.8. The van der Waals surface area contributed by atoms with Gasteiger partial charge in [0.15, 0.2) is 0 Å². The Hall–Kier alpha value is -2.29. The van der Waals surface area contributed by atoms with Gasteiger partial charge in [0.1, 0.15) is 0 Å². The summed E-state index contributed by atoms with van der Waals surface area (Å²) in [5, 5.41) is 6.05. The second kappa shape index (κ2) is 7.48. The van der Waals surface area contributed by atoms with Crippen molar-refractivity contribution in [2.75, 3.05) is 11.9 Å². The maximum atomic E-state index is 11.8. The molecule has 0 aliphatic rings. The number of hydrogen-bond acceptors (Lipinski definition) is 2. The summed E-state index contributed by atoms with van der Waals surface area (Å²) < 4.78 is 0. The molecule has 0 saturated heterocycles. The van der Waals surface area contributed by atoms with Crippen LogP contribution in [0.1, 0.15) is 23.6 Å². The van der Waals surface area contributed by atoms with Crippen molar-refractivity contribution in [1.82, 2.24) is 5.32 Å². The fraction of sp³-hybridized carbons (Fsp3) is 0.278.